The first-order valence-corrected chi connectivity index (χ1v) is 11.3. The molecule has 2 aromatic rings. The SMILES string of the molecule is CCN(CC)S(=O)(=O)c1cc(NC(=O)C(C)NC(=O)c2cccs2)ccc1C. The van der Waals surface area contributed by atoms with Gasteiger partial charge in [-0.05, 0) is 43.0 Å². The molecule has 0 aliphatic heterocycles. The van der Waals surface area contributed by atoms with Crippen molar-refractivity contribution in [2.24, 2.45) is 0 Å². The van der Waals surface area contributed by atoms with Crippen LogP contribution in [0.25, 0.3) is 0 Å². The Morgan fingerprint density at radius 1 is 1.18 bits per heavy atom. The molecule has 0 spiro atoms. The number of rotatable bonds is 8. The van der Waals surface area contributed by atoms with Gasteiger partial charge in [0.2, 0.25) is 15.9 Å². The van der Waals surface area contributed by atoms with Gasteiger partial charge in [-0.2, -0.15) is 4.31 Å². The smallest absolute Gasteiger partial charge is 0.261 e. The summed E-state index contributed by atoms with van der Waals surface area (Å²) in [6.07, 6.45) is 0. The van der Waals surface area contributed by atoms with Crippen molar-refractivity contribution in [2.75, 3.05) is 18.4 Å². The van der Waals surface area contributed by atoms with E-state index < -0.39 is 22.0 Å². The summed E-state index contributed by atoms with van der Waals surface area (Å²) in [5.41, 5.74) is 0.961. The minimum absolute atomic E-state index is 0.157. The first-order chi connectivity index (χ1) is 13.2. The number of carbonyl (C=O) groups is 2. The highest BCUT2D eigenvalue weighted by Crippen LogP contribution is 2.23. The first kappa shape index (κ1) is 22.1. The maximum atomic E-state index is 12.8. The first-order valence-electron chi connectivity index (χ1n) is 8.96. The number of sulfonamides is 1. The van der Waals surface area contributed by atoms with Crippen molar-refractivity contribution >= 4 is 38.9 Å². The predicted molar refractivity (Wildman–Crippen MR) is 111 cm³/mol. The molecule has 0 saturated heterocycles. The van der Waals surface area contributed by atoms with Crippen LogP contribution in [0.1, 0.15) is 36.0 Å². The van der Waals surface area contributed by atoms with Crippen LogP contribution in [0.5, 0.6) is 0 Å². The van der Waals surface area contributed by atoms with E-state index in [-0.39, 0.29) is 10.8 Å². The summed E-state index contributed by atoms with van der Waals surface area (Å²) < 4.78 is 27.0. The average Bonchev–Trinajstić information content (AvgIpc) is 3.18. The van der Waals surface area contributed by atoms with E-state index in [0.717, 1.165) is 0 Å². The largest absolute Gasteiger partial charge is 0.340 e. The maximum Gasteiger partial charge on any atom is 0.261 e. The van der Waals surface area contributed by atoms with Gasteiger partial charge in [0.15, 0.2) is 0 Å². The summed E-state index contributed by atoms with van der Waals surface area (Å²) in [4.78, 5) is 25.2. The molecule has 1 aromatic carbocycles. The Kier molecular flexibility index (Phi) is 7.34. The lowest BCUT2D eigenvalue weighted by Gasteiger charge is -2.20. The lowest BCUT2D eigenvalue weighted by molar-refractivity contribution is -0.117. The fourth-order valence-corrected chi connectivity index (χ4v) is 4.99. The second kappa shape index (κ2) is 9.31. The molecule has 7 nitrogen and oxygen atoms in total. The second-order valence-corrected chi connectivity index (χ2v) is 9.09. The summed E-state index contributed by atoms with van der Waals surface area (Å²) in [6.45, 7) is 7.57. The summed E-state index contributed by atoms with van der Waals surface area (Å²) in [7, 11) is -3.65. The summed E-state index contributed by atoms with van der Waals surface area (Å²) in [6, 6.07) is 7.40. The highest BCUT2D eigenvalue weighted by molar-refractivity contribution is 7.89. The molecule has 28 heavy (non-hydrogen) atoms. The number of amides is 2. The van der Waals surface area contributed by atoms with Gasteiger partial charge in [-0.15, -0.1) is 11.3 Å². The fourth-order valence-electron chi connectivity index (χ4n) is 2.65. The van der Waals surface area contributed by atoms with Crippen LogP contribution in [0.15, 0.2) is 40.6 Å². The minimum Gasteiger partial charge on any atom is -0.340 e. The van der Waals surface area contributed by atoms with Crippen LogP contribution >= 0.6 is 11.3 Å². The predicted octanol–water partition coefficient (Wildman–Crippen LogP) is 2.84. The number of hydrogen-bond donors (Lipinski definition) is 2. The Morgan fingerprint density at radius 2 is 1.86 bits per heavy atom. The molecule has 0 aliphatic carbocycles. The second-order valence-electron chi connectivity index (χ2n) is 6.23. The number of carbonyl (C=O) groups excluding carboxylic acids is 2. The zero-order valence-electron chi connectivity index (χ0n) is 16.4. The highest BCUT2D eigenvalue weighted by atomic mass is 32.2. The summed E-state index contributed by atoms with van der Waals surface area (Å²) >= 11 is 1.29. The van der Waals surface area contributed by atoms with Crippen LogP contribution in [0.2, 0.25) is 0 Å². The molecule has 2 N–H and O–H groups in total. The molecule has 1 atom stereocenters. The van der Waals surface area contributed by atoms with Crippen molar-refractivity contribution in [3.63, 3.8) is 0 Å². The quantitative estimate of drug-likeness (QED) is 0.682. The zero-order chi connectivity index (χ0) is 20.9. The van der Waals surface area contributed by atoms with E-state index in [1.807, 2.05) is 0 Å². The lowest BCUT2D eigenvalue weighted by Crippen LogP contribution is -2.41. The van der Waals surface area contributed by atoms with Crippen LogP contribution in [0.4, 0.5) is 5.69 Å². The third-order valence-electron chi connectivity index (χ3n) is 4.26. The topological polar surface area (TPSA) is 95.6 Å². The minimum atomic E-state index is -3.65. The lowest BCUT2D eigenvalue weighted by atomic mass is 10.2. The van der Waals surface area contributed by atoms with Crippen molar-refractivity contribution in [3.8, 4) is 0 Å². The van der Waals surface area contributed by atoms with E-state index in [0.29, 0.717) is 29.2 Å². The molecule has 152 valence electrons. The molecule has 1 unspecified atom stereocenters. The molecule has 2 rings (SSSR count). The Morgan fingerprint density at radius 3 is 2.43 bits per heavy atom. The number of nitrogens with zero attached hydrogens (tertiary/aromatic N) is 1. The molecule has 0 aliphatic rings. The molecule has 2 amide bonds. The summed E-state index contributed by atoms with van der Waals surface area (Å²) in [5, 5.41) is 7.08. The van der Waals surface area contributed by atoms with Gasteiger partial charge >= 0.3 is 0 Å². The molecule has 0 radical (unpaired) electrons. The van der Waals surface area contributed by atoms with Gasteiger partial charge in [0, 0.05) is 18.8 Å². The summed E-state index contributed by atoms with van der Waals surface area (Å²) in [5.74, 6) is -0.758. The van der Waals surface area contributed by atoms with Crippen LogP contribution in [-0.4, -0.2) is 43.7 Å². The molecular weight excluding hydrogens is 398 g/mol. The molecule has 1 heterocycles. The molecular formula is C19H25N3O4S2. The van der Waals surface area contributed by atoms with Gasteiger partial charge < -0.3 is 10.6 Å². The maximum absolute atomic E-state index is 12.8. The van der Waals surface area contributed by atoms with Crippen molar-refractivity contribution in [1.29, 1.82) is 0 Å². The van der Waals surface area contributed by atoms with Gasteiger partial charge in [-0.25, -0.2) is 8.42 Å². The molecule has 9 heteroatoms. The van der Waals surface area contributed by atoms with Crippen LogP contribution in [0.3, 0.4) is 0 Å². The van der Waals surface area contributed by atoms with Crippen LogP contribution in [0, 0.1) is 6.92 Å². The number of benzene rings is 1. The Labute approximate surface area is 169 Å². The van der Waals surface area contributed by atoms with E-state index in [1.54, 1.807) is 57.3 Å². The monoisotopic (exact) mass is 423 g/mol. The van der Waals surface area contributed by atoms with Crippen LogP contribution in [-0.2, 0) is 14.8 Å². The number of anilines is 1. The Hall–Kier alpha value is -2.23. The average molecular weight is 424 g/mol. The Bertz CT molecular complexity index is 936. The fraction of sp³-hybridized carbons (Fsp3) is 0.368. The molecule has 1 aromatic heterocycles. The normalized spacial score (nSPS) is 12.6. The van der Waals surface area contributed by atoms with Crippen LogP contribution < -0.4 is 10.6 Å². The van der Waals surface area contributed by atoms with E-state index in [9.17, 15) is 18.0 Å². The number of hydrogen-bond acceptors (Lipinski definition) is 5. The van der Waals surface area contributed by atoms with Gasteiger partial charge in [0.05, 0.1) is 9.77 Å². The third-order valence-corrected chi connectivity index (χ3v) is 7.33. The van der Waals surface area contributed by atoms with E-state index in [1.165, 1.54) is 21.7 Å². The highest BCUT2D eigenvalue weighted by Gasteiger charge is 2.24. The molecule has 0 fully saturated rings. The van der Waals surface area contributed by atoms with E-state index in [2.05, 4.69) is 10.6 Å². The zero-order valence-corrected chi connectivity index (χ0v) is 18.0. The van der Waals surface area contributed by atoms with Crippen molar-refractivity contribution in [1.82, 2.24) is 9.62 Å². The number of thiophene rings is 1. The standard InChI is InChI=1S/C19H25N3O4S2/c1-5-22(6-2)28(25,26)17-12-15(10-9-13(17)3)21-18(23)14(4)20-19(24)16-8-7-11-27-16/h7-12,14H,5-6H2,1-4H3,(H,20,24)(H,21,23). The van der Waals surface area contributed by atoms with Crippen molar-refractivity contribution in [3.05, 3.63) is 46.2 Å². The van der Waals surface area contributed by atoms with Gasteiger partial charge in [0.25, 0.3) is 5.91 Å². The van der Waals surface area contributed by atoms with E-state index >= 15 is 0 Å². The third kappa shape index (κ3) is 4.98. The van der Waals surface area contributed by atoms with Gasteiger partial charge in [0.1, 0.15) is 6.04 Å². The molecule has 0 bridgehead atoms. The van der Waals surface area contributed by atoms with Gasteiger partial charge in [-0.1, -0.05) is 26.0 Å². The number of aryl methyl sites for hydroxylation is 1. The van der Waals surface area contributed by atoms with Crippen molar-refractivity contribution in [2.45, 2.75) is 38.6 Å². The van der Waals surface area contributed by atoms with Crippen molar-refractivity contribution < 1.29 is 18.0 Å². The Balaban J connectivity index is 2.16. The molecule has 0 saturated carbocycles. The van der Waals surface area contributed by atoms with E-state index in [4.69, 9.17) is 0 Å². The van der Waals surface area contributed by atoms with Gasteiger partial charge in [-0.3, -0.25) is 9.59 Å². The number of nitrogens with one attached hydrogen (secondary N) is 2.